The Labute approximate surface area is 200 Å². The number of aryl methyl sites for hydroxylation is 1. The van der Waals surface area contributed by atoms with E-state index in [9.17, 15) is 18.5 Å². The zero-order chi connectivity index (χ0) is 24.9. The molecule has 9 heteroatoms. The Morgan fingerprint density at radius 1 is 1.15 bits per heavy atom. The topological polar surface area (TPSA) is 109 Å². The average molecular weight is 484 g/mol. The number of carbonyl (C=O) groups is 1. The number of nitrogens with zero attached hydrogens (tertiary/aromatic N) is 3. The van der Waals surface area contributed by atoms with Crippen molar-refractivity contribution in [3.8, 4) is 6.07 Å². The maximum Gasteiger partial charge on any atom is 0.410 e. The van der Waals surface area contributed by atoms with Crippen LogP contribution in [-0.4, -0.2) is 49.4 Å². The summed E-state index contributed by atoms with van der Waals surface area (Å²) in [5.74, 6) is 0. The first kappa shape index (κ1) is 25.4. The number of aliphatic imine (C=N–C) groups is 1. The third kappa shape index (κ3) is 6.65. The van der Waals surface area contributed by atoms with Crippen LogP contribution in [0.5, 0.6) is 0 Å². The second-order valence-corrected chi connectivity index (χ2v) is 10.7. The standard InChI is InChI=1S/C25H29N3O5S/c1-18-10-12-21(13-11-18)34(30,31)33-20-14-23(28(17-20)24(29)32-25(2,3)4)22(15-26)27-16-19-8-6-5-7-9-19/h5-13,20,23H,14,16-17H2,1-4H3/t20-,23+/m1/s1. The number of hydrogen-bond donors (Lipinski definition) is 0. The molecule has 2 aromatic carbocycles. The van der Waals surface area contributed by atoms with E-state index < -0.39 is 34.0 Å². The van der Waals surface area contributed by atoms with Crippen LogP contribution in [0.25, 0.3) is 0 Å². The molecule has 1 fully saturated rings. The lowest BCUT2D eigenvalue weighted by Gasteiger charge is -2.27. The van der Waals surface area contributed by atoms with E-state index in [0.29, 0.717) is 0 Å². The van der Waals surface area contributed by atoms with Gasteiger partial charge in [-0.15, -0.1) is 0 Å². The van der Waals surface area contributed by atoms with Gasteiger partial charge in [-0.1, -0.05) is 48.0 Å². The maximum atomic E-state index is 12.9. The highest BCUT2D eigenvalue weighted by Crippen LogP contribution is 2.27. The molecule has 2 aromatic rings. The Bertz CT molecular complexity index is 1180. The highest BCUT2D eigenvalue weighted by molar-refractivity contribution is 7.86. The van der Waals surface area contributed by atoms with Crippen LogP contribution < -0.4 is 0 Å². The minimum Gasteiger partial charge on any atom is -0.444 e. The van der Waals surface area contributed by atoms with Crippen molar-refractivity contribution in [1.29, 1.82) is 5.26 Å². The van der Waals surface area contributed by atoms with Crippen molar-refractivity contribution in [1.82, 2.24) is 4.90 Å². The molecule has 3 rings (SSSR count). The fourth-order valence-electron chi connectivity index (χ4n) is 3.56. The van der Waals surface area contributed by atoms with Crippen LogP contribution in [0.1, 0.15) is 38.3 Å². The number of ether oxygens (including phenoxy) is 1. The molecule has 34 heavy (non-hydrogen) atoms. The van der Waals surface area contributed by atoms with Crippen molar-refractivity contribution >= 4 is 21.9 Å². The molecule has 1 amide bonds. The van der Waals surface area contributed by atoms with Gasteiger partial charge in [-0.2, -0.15) is 13.7 Å². The largest absolute Gasteiger partial charge is 0.444 e. The minimum atomic E-state index is -4.06. The highest BCUT2D eigenvalue weighted by Gasteiger charge is 2.42. The monoisotopic (exact) mass is 483 g/mol. The number of nitriles is 1. The van der Waals surface area contributed by atoms with E-state index in [-0.39, 0.29) is 30.1 Å². The van der Waals surface area contributed by atoms with Gasteiger partial charge in [-0.3, -0.25) is 14.1 Å². The van der Waals surface area contributed by atoms with Gasteiger partial charge in [0.1, 0.15) is 17.4 Å². The summed E-state index contributed by atoms with van der Waals surface area (Å²) in [7, 11) is -4.06. The van der Waals surface area contributed by atoms with Crippen LogP contribution in [0.4, 0.5) is 4.79 Å². The Hall–Kier alpha value is -3.22. The van der Waals surface area contributed by atoms with E-state index in [1.54, 1.807) is 32.9 Å². The fourth-order valence-corrected chi connectivity index (χ4v) is 4.64. The minimum absolute atomic E-state index is 0.0311. The van der Waals surface area contributed by atoms with E-state index >= 15 is 0 Å². The molecule has 0 radical (unpaired) electrons. The number of rotatable bonds is 6. The third-order valence-electron chi connectivity index (χ3n) is 5.17. The predicted octanol–water partition coefficient (Wildman–Crippen LogP) is 4.24. The van der Waals surface area contributed by atoms with Gasteiger partial charge in [-0.25, -0.2) is 4.79 Å². The molecule has 0 unspecified atom stereocenters. The maximum absolute atomic E-state index is 12.9. The van der Waals surface area contributed by atoms with Crippen molar-refractivity contribution < 1.29 is 22.1 Å². The molecular weight excluding hydrogens is 454 g/mol. The lowest BCUT2D eigenvalue weighted by Crippen LogP contribution is -2.43. The molecule has 1 aliphatic heterocycles. The van der Waals surface area contributed by atoms with Gasteiger partial charge in [0, 0.05) is 6.42 Å². The quantitative estimate of drug-likeness (QED) is 0.449. The first-order valence-corrected chi connectivity index (χ1v) is 12.4. The predicted molar refractivity (Wildman–Crippen MR) is 128 cm³/mol. The number of amides is 1. The summed E-state index contributed by atoms with van der Waals surface area (Å²) in [6.07, 6.45) is -1.40. The van der Waals surface area contributed by atoms with E-state index in [2.05, 4.69) is 11.1 Å². The van der Waals surface area contributed by atoms with E-state index in [1.165, 1.54) is 17.0 Å². The number of carbonyl (C=O) groups excluding carboxylic acids is 1. The summed E-state index contributed by atoms with van der Waals surface area (Å²) in [6, 6.07) is 17.0. The summed E-state index contributed by atoms with van der Waals surface area (Å²) in [6.45, 7) is 7.28. The Kier molecular flexibility index (Phi) is 7.75. The van der Waals surface area contributed by atoms with Crippen molar-refractivity contribution in [2.45, 2.75) is 63.3 Å². The van der Waals surface area contributed by atoms with Gasteiger partial charge >= 0.3 is 6.09 Å². The van der Waals surface area contributed by atoms with Crippen LogP contribution in [0.3, 0.4) is 0 Å². The number of likely N-dealkylation sites (tertiary alicyclic amines) is 1. The van der Waals surface area contributed by atoms with Crippen molar-refractivity contribution in [3.05, 3.63) is 65.7 Å². The zero-order valence-electron chi connectivity index (χ0n) is 19.8. The smallest absolute Gasteiger partial charge is 0.410 e. The van der Waals surface area contributed by atoms with E-state index in [1.807, 2.05) is 37.3 Å². The van der Waals surface area contributed by atoms with Gasteiger partial charge < -0.3 is 4.74 Å². The molecular formula is C25H29N3O5S. The van der Waals surface area contributed by atoms with Crippen molar-refractivity contribution in [3.63, 3.8) is 0 Å². The Morgan fingerprint density at radius 2 is 1.79 bits per heavy atom. The highest BCUT2D eigenvalue weighted by atomic mass is 32.2. The van der Waals surface area contributed by atoms with Crippen LogP contribution in [0.2, 0.25) is 0 Å². The molecule has 8 nitrogen and oxygen atoms in total. The van der Waals surface area contributed by atoms with Gasteiger partial charge in [-0.05, 0) is 45.4 Å². The molecule has 180 valence electrons. The second-order valence-electron chi connectivity index (χ2n) is 9.17. The molecule has 0 aromatic heterocycles. The van der Waals surface area contributed by atoms with E-state index in [0.717, 1.165) is 11.1 Å². The van der Waals surface area contributed by atoms with Gasteiger partial charge in [0.05, 0.1) is 30.1 Å². The lowest BCUT2D eigenvalue weighted by molar-refractivity contribution is 0.0250. The molecule has 1 saturated heterocycles. The molecule has 0 bridgehead atoms. The van der Waals surface area contributed by atoms with Crippen molar-refractivity contribution in [2.24, 2.45) is 4.99 Å². The molecule has 1 heterocycles. The molecule has 0 saturated carbocycles. The Morgan fingerprint density at radius 3 is 2.38 bits per heavy atom. The number of hydrogen-bond acceptors (Lipinski definition) is 7. The molecule has 0 aliphatic carbocycles. The summed E-state index contributed by atoms with van der Waals surface area (Å²) in [5.41, 5.74) is 1.19. The van der Waals surface area contributed by atoms with E-state index in [4.69, 9.17) is 8.92 Å². The Balaban J connectivity index is 1.85. The lowest BCUT2D eigenvalue weighted by atomic mass is 10.1. The molecule has 0 spiro atoms. The SMILES string of the molecule is Cc1ccc(S(=O)(=O)O[C@@H]2C[C@@H](C(C#N)=NCc3ccccc3)N(C(=O)OC(C)(C)C)C2)cc1. The molecule has 2 atom stereocenters. The van der Waals surface area contributed by atoms with Crippen LogP contribution in [0, 0.1) is 18.3 Å². The first-order chi connectivity index (χ1) is 16.0. The first-order valence-electron chi connectivity index (χ1n) is 11.0. The average Bonchev–Trinajstić information content (AvgIpc) is 3.17. The van der Waals surface area contributed by atoms with Gasteiger partial charge in [0.15, 0.2) is 0 Å². The van der Waals surface area contributed by atoms with Crippen LogP contribution >= 0.6 is 0 Å². The van der Waals surface area contributed by atoms with Crippen LogP contribution in [0.15, 0.2) is 64.5 Å². The fraction of sp³-hybridized carbons (Fsp3) is 0.400. The molecule has 0 N–H and O–H groups in total. The third-order valence-corrected chi connectivity index (χ3v) is 6.54. The van der Waals surface area contributed by atoms with Gasteiger partial charge in [0.2, 0.25) is 0 Å². The number of benzene rings is 2. The van der Waals surface area contributed by atoms with Gasteiger partial charge in [0.25, 0.3) is 10.1 Å². The summed E-state index contributed by atoms with van der Waals surface area (Å²) < 4.78 is 36.6. The summed E-state index contributed by atoms with van der Waals surface area (Å²) >= 11 is 0. The summed E-state index contributed by atoms with van der Waals surface area (Å²) in [5, 5.41) is 9.80. The van der Waals surface area contributed by atoms with Crippen molar-refractivity contribution in [2.75, 3.05) is 6.54 Å². The van der Waals surface area contributed by atoms with Crippen LogP contribution in [-0.2, 0) is 25.6 Å². The normalized spacial score (nSPS) is 19.0. The zero-order valence-corrected chi connectivity index (χ0v) is 20.6. The molecule has 1 aliphatic rings. The summed E-state index contributed by atoms with van der Waals surface area (Å²) in [4.78, 5) is 18.7. The second kappa shape index (κ2) is 10.4.